The first-order chi connectivity index (χ1) is 8.40. The van der Waals surface area contributed by atoms with Crippen LogP contribution in [0.3, 0.4) is 0 Å². The highest BCUT2D eigenvalue weighted by atomic mass is 19.1. The van der Waals surface area contributed by atoms with Gasteiger partial charge in [-0.1, -0.05) is 6.92 Å². The predicted molar refractivity (Wildman–Crippen MR) is 68.4 cm³/mol. The summed E-state index contributed by atoms with van der Waals surface area (Å²) in [5, 5.41) is 9.02. The lowest BCUT2D eigenvalue weighted by Gasteiger charge is -2.25. The second-order valence-corrected chi connectivity index (χ2v) is 5.04. The van der Waals surface area contributed by atoms with Crippen LogP contribution < -0.4 is 10.6 Å². The molecule has 0 aliphatic carbocycles. The first kappa shape index (κ1) is 12.7. The van der Waals surface area contributed by atoms with Gasteiger partial charge in [-0.25, -0.2) is 9.18 Å². The first-order valence-corrected chi connectivity index (χ1v) is 5.99. The Morgan fingerprint density at radius 3 is 2.67 bits per heavy atom. The number of aromatic carboxylic acids is 1. The van der Waals surface area contributed by atoms with E-state index in [9.17, 15) is 9.18 Å². The van der Waals surface area contributed by atoms with Gasteiger partial charge in [-0.3, -0.25) is 0 Å². The van der Waals surface area contributed by atoms with Crippen molar-refractivity contribution in [2.24, 2.45) is 5.92 Å². The standard InChI is InChI=1S/C13H17FN2O2/c1-7-3-8(2)16(6-7)12-4-9(13(17)18)11(15)5-10(12)14/h4-5,7-8H,3,6,15H2,1-2H3,(H,17,18). The van der Waals surface area contributed by atoms with E-state index in [4.69, 9.17) is 10.8 Å². The van der Waals surface area contributed by atoms with E-state index in [1.807, 2.05) is 11.8 Å². The molecule has 0 saturated carbocycles. The van der Waals surface area contributed by atoms with Gasteiger partial charge in [0.1, 0.15) is 5.82 Å². The third-order valence-corrected chi connectivity index (χ3v) is 3.44. The predicted octanol–water partition coefficient (Wildman–Crippen LogP) is 2.34. The Morgan fingerprint density at radius 1 is 1.50 bits per heavy atom. The summed E-state index contributed by atoms with van der Waals surface area (Å²) >= 11 is 0. The summed E-state index contributed by atoms with van der Waals surface area (Å²) in [4.78, 5) is 12.9. The van der Waals surface area contributed by atoms with Gasteiger partial charge in [-0.15, -0.1) is 0 Å². The minimum Gasteiger partial charge on any atom is -0.478 e. The van der Waals surface area contributed by atoms with Crippen LogP contribution in [-0.2, 0) is 0 Å². The number of benzene rings is 1. The van der Waals surface area contributed by atoms with Crippen molar-refractivity contribution in [1.82, 2.24) is 0 Å². The van der Waals surface area contributed by atoms with E-state index in [2.05, 4.69) is 6.92 Å². The molecule has 4 nitrogen and oxygen atoms in total. The minimum atomic E-state index is -1.13. The van der Waals surface area contributed by atoms with Crippen LogP contribution in [0.4, 0.5) is 15.8 Å². The van der Waals surface area contributed by atoms with Gasteiger partial charge in [-0.2, -0.15) is 0 Å². The largest absolute Gasteiger partial charge is 0.478 e. The van der Waals surface area contributed by atoms with Crippen molar-refractivity contribution in [3.05, 3.63) is 23.5 Å². The summed E-state index contributed by atoms with van der Waals surface area (Å²) in [6.45, 7) is 4.85. The van der Waals surface area contributed by atoms with Crippen LogP contribution in [0.25, 0.3) is 0 Å². The zero-order valence-electron chi connectivity index (χ0n) is 10.5. The molecule has 0 amide bonds. The fourth-order valence-electron chi connectivity index (χ4n) is 2.62. The molecule has 0 radical (unpaired) electrons. The lowest BCUT2D eigenvalue weighted by Crippen LogP contribution is -2.28. The molecule has 1 saturated heterocycles. The van der Waals surface area contributed by atoms with Crippen LogP contribution in [0.2, 0.25) is 0 Å². The third kappa shape index (κ3) is 2.12. The molecule has 98 valence electrons. The molecule has 5 heteroatoms. The number of anilines is 2. The van der Waals surface area contributed by atoms with E-state index in [1.165, 1.54) is 6.07 Å². The number of halogens is 1. The molecule has 0 bridgehead atoms. The van der Waals surface area contributed by atoms with Gasteiger partial charge in [0.15, 0.2) is 0 Å². The summed E-state index contributed by atoms with van der Waals surface area (Å²) in [5.41, 5.74) is 5.76. The van der Waals surface area contributed by atoms with E-state index < -0.39 is 11.8 Å². The smallest absolute Gasteiger partial charge is 0.337 e. The van der Waals surface area contributed by atoms with Crippen molar-refractivity contribution < 1.29 is 14.3 Å². The van der Waals surface area contributed by atoms with Crippen molar-refractivity contribution in [3.63, 3.8) is 0 Å². The molecular formula is C13H17FN2O2. The number of rotatable bonds is 2. The van der Waals surface area contributed by atoms with E-state index >= 15 is 0 Å². The number of nitrogens with zero attached hydrogens (tertiary/aromatic N) is 1. The van der Waals surface area contributed by atoms with Gasteiger partial charge in [0.2, 0.25) is 0 Å². The van der Waals surface area contributed by atoms with Crippen LogP contribution in [0.1, 0.15) is 30.6 Å². The van der Waals surface area contributed by atoms with Crippen LogP contribution in [0, 0.1) is 11.7 Å². The molecule has 1 aliphatic heterocycles. The quantitative estimate of drug-likeness (QED) is 0.793. The fourth-order valence-corrected chi connectivity index (χ4v) is 2.62. The normalized spacial score (nSPS) is 23.4. The maximum Gasteiger partial charge on any atom is 0.337 e. The number of nitrogen functional groups attached to an aromatic ring is 1. The molecule has 1 aromatic rings. The number of carbonyl (C=O) groups is 1. The van der Waals surface area contributed by atoms with Gasteiger partial charge in [0.25, 0.3) is 0 Å². The molecule has 2 atom stereocenters. The monoisotopic (exact) mass is 252 g/mol. The van der Waals surface area contributed by atoms with Crippen LogP contribution in [0.5, 0.6) is 0 Å². The molecular weight excluding hydrogens is 235 g/mol. The number of hydrogen-bond donors (Lipinski definition) is 2. The summed E-state index contributed by atoms with van der Waals surface area (Å²) < 4.78 is 13.9. The maximum absolute atomic E-state index is 13.9. The lowest BCUT2D eigenvalue weighted by atomic mass is 10.1. The summed E-state index contributed by atoms with van der Waals surface area (Å²) in [6.07, 6.45) is 0.978. The first-order valence-electron chi connectivity index (χ1n) is 5.99. The number of carboxylic acids is 1. The van der Waals surface area contributed by atoms with Crippen molar-refractivity contribution in [2.75, 3.05) is 17.2 Å². The summed E-state index contributed by atoms with van der Waals surface area (Å²) in [7, 11) is 0. The Morgan fingerprint density at radius 2 is 2.17 bits per heavy atom. The molecule has 18 heavy (non-hydrogen) atoms. The molecule has 3 N–H and O–H groups in total. The second kappa shape index (κ2) is 4.48. The molecule has 1 heterocycles. The molecule has 0 aromatic heterocycles. The van der Waals surface area contributed by atoms with Crippen molar-refractivity contribution >= 4 is 17.3 Å². The SMILES string of the molecule is CC1CC(C)N(c2cc(C(=O)O)c(N)cc2F)C1. The van der Waals surface area contributed by atoms with Gasteiger partial charge in [0, 0.05) is 18.3 Å². The summed E-state index contributed by atoms with van der Waals surface area (Å²) in [5.74, 6) is -1.11. The van der Waals surface area contributed by atoms with Crippen LogP contribution in [-0.4, -0.2) is 23.7 Å². The summed E-state index contributed by atoms with van der Waals surface area (Å²) in [6, 6.07) is 2.63. The Balaban J connectivity index is 2.44. The number of nitrogens with two attached hydrogens (primary N) is 1. The number of hydrogen-bond acceptors (Lipinski definition) is 3. The third-order valence-electron chi connectivity index (χ3n) is 3.44. The Bertz CT molecular complexity index is 490. The van der Waals surface area contributed by atoms with E-state index in [0.717, 1.165) is 19.0 Å². The maximum atomic E-state index is 13.9. The lowest BCUT2D eigenvalue weighted by molar-refractivity contribution is 0.0698. The minimum absolute atomic E-state index is 0.0383. The van der Waals surface area contributed by atoms with E-state index in [0.29, 0.717) is 11.6 Å². The van der Waals surface area contributed by atoms with E-state index in [-0.39, 0.29) is 17.3 Å². The number of carboxylic acid groups (broad SMARTS) is 1. The van der Waals surface area contributed by atoms with E-state index in [1.54, 1.807) is 0 Å². The van der Waals surface area contributed by atoms with Gasteiger partial charge >= 0.3 is 5.97 Å². The van der Waals surface area contributed by atoms with Gasteiger partial charge in [0.05, 0.1) is 11.3 Å². The Hall–Kier alpha value is -1.78. The van der Waals surface area contributed by atoms with Gasteiger partial charge < -0.3 is 15.7 Å². The zero-order chi connectivity index (χ0) is 13.4. The molecule has 1 fully saturated rings. The van der Waals surface area contributed by atoms with Gasteiger partial charge in [-0.05, 0) is 31.4 Å². The average Bonchev–Trinajstić information content (AvgIpc) is 2.57. The Kier molecular flexibility index (Phi) is 3.15. The molecule has 1 aliphatic rings. The molecule has 0 spiro atoms. The highest BCUT2D eigenvalue weighted by molar-refractivity contribution is 5.95. The Labute approximate surface area is 105 Å². The average molecular weight is 252 g/mol. The second-order valence-electron chi connectivity index (χ2n) is 5.04. The molecule has 1 aromatic carbocycles. The molecule has 2 rings (SSSR count). The highest BCUT2D eigenvalue weighted by Crippen LogP contribution is 2.33. The zero-order valence-corrected chi connectivity index (χ0v) is 10.5. The molecule has 2 unspecified atom stereocenters. The van der Waals surface area contributed by atoms with Crippen molar-refractivity contribution in [2.45, 2.75) is 26.3 Å². The highest BCUT2D eigenvalue weighted by Gasteiger charge is 2.29. The topological polar surface area (TPSA) is 66.6 Å². The van der Waals surface area contributed by atoms with Crippen LogP contribution in [0.15, 0.2) is 12.1 Å². The van der Waals surface area contributed by atoms with Crippen molar-refractivity contribution in [3.8, 4) is 0 Å². The van der Waals surface area contributed by atoms with Crippen LogP contribution >= 0.6 is 0 Å². The van der Waals surface area contributed by atoms with Crippen molar-refractivity contribution in [1.29, 1.82) is 0 Å². The fraction of sp³-hybridized carbons (Fsp3) is 0.462.